The van der Waals surface area contributed by atoms with Crippen molar-refractivity contribution in [3.63, 3.8) is 0 Å². The third-order valence-corrected chi connectivity index (χ3v) is 20.4. The lowest BCUT2D eigenvalue weighted by molar-refractivity contribution is -0.310. The fourth-order valence-electron chi connectivity index (χ4n) is 6.84. The molecule has 0 aromatic rings. The van der Waals surface area contributed by atoms with E-state index in [-0.39, 0.29) is 0 Å². The Balaban J connectivity index is 0. The SMILES string of the molecule is CCCC[P+](CCCC)(CCCC)CCCC.CCCC[P+](CCCC)(CCCC)CCCC.O=C([O-])C1=CC(C(=O)[O-])C(C(=O)O)C=C1C(=O)O. The highest BCUT2D eigenvalue weighted by Crippen LogP contribution is 2.62. The van der Waals surface area contributed by atoms with Crippen molar-refractivity contribution in [2.75, 3.05) is 49.3 Å². The number of aliphatic carboxylic acids is 4. The van der Waals surface area contributed by atoms with Crippen LogP contribution in [0.4, 0.5) is 0 Å². The molecule has 1 aliphatic rings. The first kappa shape index (κ1) is 52.3. The van der Waals surface area contributed by atoms with Crippen molar-refractivity contribution in [1.29, 1.82) is 0 Å². The van der Waals surface area contributed by atoms with E-state index in [1.807, 2.05) is 0 Å². The van der Waals surface area contributed by atoms with Crippen molar-refractivity contribution in [2.24, 2.45) is 11.8 Å². The third-order valence-electron chi connectivity index (χ3n) is 10.3. The van der Waals surface area contributed by atoms with E-state index < -0.39 is 61.4 Å². The Hall–Kier alpha value is -1.78. The summed E-state index contributed by atoms with van der Waals surface area (Å²) in [7, 11) is -1.12. The van der Waals surface area contributed by atoms with Crippen LogP contribution in [0.15, 0.2) is 23.3 Å². The molecule has 10 heteroatoms. The summed E-state index contributed by atoms with van der Waals surface area (Å²) >= 11 is 0. The Morgan fingerprint density at radius 2 is 0.731 bits per heavy atom. The van der Waals surface area contributed by atoms with Crippen LogP contribution in [0.2, 0.25) is 0 Å². The van der Waals surface area contributed by atoms with Gasteiger partial charge in [-0.1, -0.05) is 119 Å². The van der Waals surface area contributed by atoms with Crippen molar-refractivity contribution in [3.8, 4) is 0 Å². The highest BCUT2D eigenvalue weighted by Gasteiger charge is 2.36. The van der Waals surface area contributed by atoms with E-state index in [1.54, 1.807) is 49.3 Å². The summed E-state index contributed by atoms with van der Waals surface area (Å²) in [5, 5.41) is 38.9. The van der Waals surface area contributed by atoms with Gasteiger partial charge in [0.2, 0.25) is 0 Å². The summed E-state index contributed by atoms with van der Waals surface area (Å²) in [6.45, 7) is 18.8. The fraction of sp³-hybridized carbons (Fsp3) is 0.810. The summed E-state index contributed by atoms with van der Waals surface area (Å²) in [6, 6.07) is 0. The minimum atomic E-state index is -1.90. The quantitative estimate of drug-likeness (QED) is 0.0747. The molecule has 304 valence electrons. The largest absolute Gasteiger partial charge is 0.549 e. The summed E-state index contributed by atoms with van der Waals surface area (Å²) in [4.78, 5) is 42.9. The van der Waals surface area contributed by atoms with E-state index in [4.69, 9.17) is 10.2 Å². The highest BCUT2D eigenvalue weighted by molar-refractivity contribution is 7.76. The first-order valence-corrected chi connectivity index (χ1v) is 25.8. The van der Waals surface area contributed by atoms with E-state index in [9.17, 15) is 29.4 Å². The molecule has 0 bridgehead atoms. The first-order valence-electron chi connectivity index (χ1n) is 20.8. The summed E-state index contributed by atoms with van der Waals surface area (Å²) in [6.07, 6.45) is 37.0. The molecule has 0 aromatic heterocycles. The smallest absolute Gasteiger partial charge is 0.336 e. The molecular formula is C42H78O8P2. The van der Waals surface area contributed by atoms with Gasteiger partial charge in [0.05, 0.1) is 66.8 Å². The van der Waals surface area contributed by atoms with Gasteiger partial charge in [-0.3, -0.25) is 4.79 Å². The number of carbonyl (C=O) groups excluding carboxylic acids is 2. The van der Waals surface area contributed by atoms with Gasteiger partial charge >= 0.3 is 11.9 Å². The second-order valence-corrected chi connectivity index (χ2v) is 23.7. The molecule has 0 fully saturated rings. The maximum atomic E-state index is 10.8. The van der Waals surface area contributed by atoms with Crippen molar-refractivity contribution in [1.82, 2.24) is 0 Å². The normalized spacial score (nSPS) is 15.7. The summed E-state index contributed by atoms with van der Waals surface area (Å²) in [5.74, 6) is -10.5. The van der Waals surface area contributed by atoms with Gasteiger partial charge < -0.3 is 30.0 Å². The zero-order valence-corrected chi connectivity index (χ0v) is 36.3. The molecule has 2 unspecified atom stereocenters. The lowest BCUT2D eigenvalue weighted by Gasteiger charge is -2.28. The van der Waals surface area contributed by atoms with Crippen LogP contribution in [0.25, 0.3) is 0 Å². The zero-order chi connectivity index (χ0) is 40.0. The van der Waals surface area contributed by atoms with Gasteiger partial charge in [-0.2, -0.15) is 0 Å². The average molecular weight is 773 g/mol. The molecule has 0 aromatic carbocycles. The molecule has 0 aliphatic heterocycles. The number of carboxylic acids is 4. The van der Waals surface area contributed by atoms with Crippen molar-refractivity contribution < 1.29 is 39.6 Å². The van der Waals surface area contributed by atoms with Gasteiger partial charge in [0, 0.05) is 32.0 Å². The minimum absolute atomic E-state index is 0.507. The predicted molar refractivity (Wildman–Crippen MR) is 220 cm³/mol. The monoisotopic (exact) mass is 773 g/mol. The molecule has 0 amide bonds. The van der Waals surface area contributed by atoms with E-state index in [0.717, 1.165) is 0 Å². The van der Waals surface area contributed by atoms with Gasteiger partial charge in [0.15, 0.2) is 0 Å². The topological polar surface area (TPSA) is 155 Å². The average Bonchev–Trinajstić information content (AvgIpc) is 3.13. The molecule has 0 spiro atoms. The molecule has 0 saturated heterocycles. The third kappa shape index (κ3) is 21.8. The van der Waals surface area contributed by atoms with Crippen molar-refractivity contribution in [2.45, 2.75) is 158 Å². The van der Waals surface area contributed by atoms with E-state index in [0.29, 0.717) is 12.2 Å². The van der Waals surface area contributed by atoms with Crippen LogP contribution in [-0.4, -0.2) is 83.4 Å². The van der Waals surface area contributed by atoms with Crippen LogP contribution in [0.3, 0.4) is 0 Å². The Morgan fingerprint density at radius 3 is 0.904 bits per heavy atom. The molecule has 0 saturated carbocycles. The Labute approximate surface area is 319 Å². The number of carboxylic acid groups (broad SMARTS) is 4. The van der Waals surface area contributed by atoms with E-state index in [1.165, 1.54) is 103 Å². The number of unbranched alkanes of at least 4 members (excludes halogenated alkanes) is 8. The fourth-order valence-corrected chi connectivity index (χ4v) is 17.4. The molecular weight excluding hydrogens is 694 g/mol. The number of hydrogen-bond acceptors (Lipinski definition) is 6. The van der Waals surface area contributed by atoms with Gasteiger partial charge in [-0.25, -0.2) is 4.79 Å². The lowest BCUT2D eigenvalue weighted by atomic mass is 9.82. The molecule has 52 heavy (non-hydrogen) atoms. The van der Waals surface area contributed by atoms with Gasteiger partial charge in [-0.15, -0.1) is 0 Å². The molecule has 2 atom stereocenters. The maximum absolute atomic E-state index is 10.8. The van der Waals surface area contributed by atoms with Gasteiger partial charge in [0.25, 0.3) is 0 Å². The molecule has 2 N–H and O–H groups in total. The van der Waals surface area contributed by atoms with Gasteiger partial charge in [0.1, 0.15) is 0 Å². The Kier molecular flexibility index (Phi) is 31.8. The second kappa shape index (κ2) is 31.6. The van der Waals surface area contributed by atoms with Crippen LogP contribution in [0.1, 0.15) is 158 Å². The standard InChI is InChI=1S/2C16H36P.C10H8O8/c2*1-5-9-13-17(14-10-6-2,15-11-7-3)16-12-8-4;11-7(12)3-1-4(8(13)14)6(10(17)18)2-5(3)9(15)16/h2*5-16H2,1-4H3;1-3,5H,(H,11,12)(H,13,14)(H,15,16)(H,17,18)/q2*+1;/p-2. The summed E-state index contributed by atoms with van der Waals surface area (Å²) < 4.78 is 0. The van der Waals surface area contributed by atoms with Crippen LogP contribution >= 0.6 is 14.5 Å². The van der Waals surface area contributed by atoms with Crippen molar-refractivity contribution >= 4 is 38.4 Å². The molecule has 1 aliphatic carbocycles. The van der Waals surface area contributed by atoms with Crippen LogP contribution in [-0.2, 0) is 19.2 Å². The zero-order valence-electron chi connectivity index (χ0n) is 34.5. The lowest BCUT2D eigenvalue weighted by Crippen LogP contribution is -2.41. The van der Waals surface area contributed by atoms with E-state index in [2.05, 4.69) is 55.4 Å². The number of carbonyl (C=O) groups is 4. The summed E-state index contributed by atoms with van der Waals surface area (Å²) in [5.41, 5.74) is -1.70. The predicted octanol–water partition coefficient (Wildman–Crippen LogP) is 9.16. The van der Waals surface area contributed by atoms with Crippen LogP contribution < -0.4 is 10.2 Å². The second-order valence-electron chi connectivity index (χ2n) is 14.8. The first-order chi connectivity index (χ1) is 24.7. The molecule has 0 radical (unpaired) electrons. The van der Waals surface area contributed by atoms with Crippen LogP contribution in [0, 0.1) is 11.8 Å². The number of hydrogen-bond donors (Lipinski definition) is 2. The molecule has 0 heterocycles. The highest BCUT2D eigenvalue weighted by atomic mass is 31.2. The van der Waals surface area contributed by atoms with Gasteiger partial charge in [-0.05, 0) is 51.4 Å². The Bertz CT molecular complexity index is 898. The van der Waals surface area contributed by atoms with Crippen LogP contribution in [0.5, 0.6) is 0 Å². The van der Waals surface area contributed by atoms with E-state index >= 15 is 0 Å². The maximum Gasteiger partial charge on any atom is 0.336 e. The molecule has 8 nitrogen and oxygen atoms in total. The minimum Gasteiger partial charge on any atom is -0.549 e. The van der Waals surface area contributed by atoms with Crippen molar-refractivity contribution in [3.05, 3.63) is 23.3 Å². The number of rotatable bonds is 28. The molecule has 1 rings (SSSR count). The Morgan fingerprint density at radius 1 is 0.481 bits per heavy atom.